The molecule has 16 heavy (non-hydrogen) atoms. The van der Waals surface area contributed by atoms with Gasteiger partial charge in [0.25, 0.3) is 0 Å². The lowest BCUT2D eigenvalue weighted by Gasteiger charge is -2.22. The maximum absolute atomic E-state index is 11.8. The average Bonchev–Trinajstić information content (AvgIpc) is 2.52. The van der Waals surface area contributed by atoms with E-state index in [1.165, 1.54) is 0 Å². The summed E-state index contributed by atoms with van der Waals surface area (Å²) in [5, 5.41) is 10.6. The Morgan fingerprint density at radius 3 is 2.81 bits per heavy atom. The van der Waals surface area contributed by atoms with Crippen LogP contribution in [0.4, 0.5) is 5.69 Å². The fourth-order valence-corrected chi connectivity index (χ4v) is 1.86. The molecule has 1 aliphatic heterocycles. The molecule has 0 atom stereocenters. The van der Waals surface area contributed by atoms with Crippen LogP contribution in [0.2, 0.25) is 0 Å². The molecular weight excluding hydrogens is 204 g/mol. The van der Waals surface area contributed by atoms with Gasteiger partial charge in [-0.05, 0) is 31.5 Å². The van der Waals surface area contributed by atoms with Crippen molar-refractivity contribution in [3.05, 3.63) is 29.8 Å². The van der Waals surface area contributed by atoms with Crippen LogP contribution in [-0.4, -0.2) is 16.6 Å². The Morgan fingerprint density at radius 2 is 2.25 bits per heavy atom. The van der Waals surface area contributed by atoms with E-state index in [9.17, 15) is 4.79 Å². The molecule has 0 aromatic heterocycles. The third-order valence-corrected chi connectivity index (χ3v) is 2.61. The van der Waals surface area contributed by atoms with Crippen molar-refractivity contribution in [1.82, 2.24) is 5.43 Å². The summed E-state index contributed by atoms with van der Waals surface area (Å²) in [7, 11) is 0. The van der Waals surface area contributed by atoms with Crippen LogP contribution in [0.25, 0.3) is 0 Å². The van der Waals surface area contributed by atoms with Gasteiger partial charge in [0.2, 0.25) is 5.91 Å². The molecule has 1 heterocycles. The zero-order valence-corrected chi connectivity index (χ0v) is 9.53. The molecule has 4 nitrogen and oxygen atoms in total. The molecular formula is C12H16N2O2. The van der Waals surface area contributed by atoms with Crippen molar-refractivity contribution in [1.29, 1.82) is 0 Å². The molecule has 0 bridgehead atoms. The third kappa shape index (κ3) is 2.08. The van der Waals surface area contributed by atoms with Gasteiger partial charge in [-0.1, -0.05) is 12.1 Å². The molecule has 0 aliphatic carbocycles. The number of anilines is 1. The molecule has 2 N–H and O–H groups in total. The van der Waals surface area contributed by atoms with E-state index in [1.807, 2.05) is 38.1 Å². The highest BCUT2D eigenvalue weighted by molar-refractivity contribution is 5.95. The summed E-state index contributed by atoms with van der Waals surface area (Å²) in [4.78, 5) is 11.8. The molecule has 4 heteroatoms. The number of benzene rings is 1. The van der Waals surface area contributed by atoms with Gasteiger partial charge >= 0.3 is 0 Å². The lowest BCUT2D eigenvalue weighted by atomic mass is 10.0. The number of carbonyl (C=O) groups excluding carboxylic acids is 1. The molecule has 86 valence electrons. The van der Waals surface area contributed by atoms with Crippen LogP contribution < -0.4 is 10.4 Å². The van der Waals surface area contributed by atoms with Crippen molar-refractivity contribution in [2.75, 3.05) is 5.01 Å². The van der Waals surface area contributed by atoms with Gasteiger partial charge < -0.3 is 5.11 Å². The number of aliphatic hydroxyl groups excluding tert-OH is 1. The van der Waals surface area contributed by atoms with Crippen LogP contribution in [0.5, 0.6) is 0 Å². The molecule has 0 unspecified atom stereocenters. The van der Waals surface area contributed by atoms with Crippen molar-refractivity contribution in [3.63, 3.8) is 0 Å². The van der Waals surface area contributed by atoms with E-state index in [1.54, 1.807) is 5.01 Å². The minimum atomic E-state index is -0.202. The quantitative estimate of drug-likeness (QED) is 0.787. The number of rotatable bonds is 2. The number of hydrogen-bond donors (Lipinski definition) is 2. The maximum Gasteiger partial charge on any atom is 0.243 e. The molecule has 1 aromatic carbocycles. The first-order valence-corrected chi connectivity index (χ1v) is 5.32. The summed E-state index contributed by atoms with van der Waals surface area (Å²) in [6, 6.07) is 7.33. The van der Waals surface area contributed by atoms with Gasteiger partial charge in [-0.25, -0.2) is 10.4 Å². The monoisotopic (exact) mass is 220 g/mol. The van der Waals surface area contributed by atoms with E-state index in [4.69, 9.17) is 5.11 Å². The van der Waals surface area contributed by atoms with Gasteiger partial charge in [-0.15, -0.1) is 0 Å². The Morgan fingerprint density at radius 1 is 1.50 bits per heavy atom. The molecule has 0 saturated carbocycles. The van der Waals surface area contributed by atoms with Crippen LogP contribution in [0.15, 0.2) is 24.3 Å². The third-order valence-electron chi connectivity index (χ3n) is 2.61. The molecule has 2 rings (SSSR count). The Kier molecular flexibility index (Phi) is 2.69. The lowest BCUT2D eigenvalue weighted by molar-refractivity contribution is -0.117. The standard InChI is InChI=1S/C12H16N2O2/c1-12(2)7-11(16)14(13-12)10-5-3-4-9(6-10)8-15/h3-6,13,15H,7-8H2,1-2H3. The predicted molar refractivity (Wildman–Crippen MR) is 61.7 cm³/mol. The smallest absolute Gasteiger partial charge is 0.243 e. The first-order valence-electron chi connectivity index (χ1n) is 5.32. The maximum atomic E-state index is 11.8. The van der Waals surface area contributed by atoms with Gasteiger partial charge in [0.15, 0.2) is 0 Å². The molecule has 0 spiro atoms. The van der Waals surface area contributed by atoms with Gasteiger partial charge in [-0.3, -0.25) is 4.79 Å². The fourth-order valence-electron chi connectivity index (χ4n) is 1.86. The van der Waals surface area contributed by atoms with Gasteiger partial charge in [0.1, 0.15) is 0 Å². The summed E-state index contributed by atoms with van der Waals surface area (Å²) in [5.41, 5.74) is 4.53. The van der Waals surface area contributed by atoms with E-state index >= 15 is 0 Å². The molecule has 1 aromatic rings. The Labute approximate surface area is 94.9 Å². The van der Waals surface area contributed by atoms with Crippen molar-refractivity contribution >= 4 is 11.6 Å². The second-order valence-corrected chi connectivity index (χ2v) is 4.73. The Balaban J connectivity index is 2.27. The first-order chi connectivity index (χ1) is 7.52. The number of nitrogens with one attached hydrogen (secondary N) is 1. The van der Waals surface area contributed by atoms with Crippen molar-refractivity contribution in [2.24, 2.45) is 0 Å². The van der Waals surface area contributed by atoms with Gasteiger partial charge in [-0.2, -0.15) is 0 Å². The number of aliphatic hydroxyl groups is 1. The molecule has 0 radical (unpaired) electrons. The lowest BCUT2D eigenvalue weighted by Crippen LogP contribution is -2.42. The SMILES string of the molecule is CC1(C)CC(=O)N(c2cccc(CO)c2)N1. The van der Waals surface area contributed by atoms with E-state index in [0.29, 0.717) is 6.42 Å². The summed E-state index contributed by atoms with van der Waals surface area (Å²) in [6.45, 7) is 3.96. The Hall–Kier alpha value is -1.39. The van der Waals surface area contributed by atoms with E-state index in [-0.39, 0.29) is 18.1 Å². The molecule has 1 fully saturated rings. The highest BCUT2D eigenvalue weighted by Crippen LogP contribution is 2.25. The van der Waals surface area contributed by atoms with Crippen molar-refractivity contribution < 1.29 is 9.90 Å². The molecule has 1 amide bonds. The Bertz CT molecular complexity index is 415. The van der Waals surface area contributed by atoms with Crippen molar-refractivity contribution in [2.45, 2.75) is 32.4 Å². The second-order valence-electron chi connectivity index (χ2n) is 4.73. The largest absolute Gasteiger partial charge is 0.392 e. The predicted octanol–water partition coefficient (Wildman–Crippen LogP) is 1.20. The van der Waals surface area contributed by atoms with Gasteiger partial charge in [0, 0.05) is 12.0 Å². The van der Waals surface area contributed by atoms with Crippen LogP contribution in [0.3, 0.4) is 0 Å². The zero-order chi connectivity index (χ0) is 11.8. The normalized spacial score (nSPS) is 19.2. The minimum absolute atomic E-state index is 0.0146. The number of nitrogens with zero attached hydrogens (tertiary/aromatic N) is 1. The highest BCUT2D eigenvalue weighted by Gasteiger charge is 2.35. The summed E-state index contributed by atoms with van der Waals surface area (Å²) in [6.07, 6.45) is 0.482. The van der Waals surface area contributed by atoms with Crippen LogP contribution in [0, 0.1) is 0 Å². The van der Waals surface area contributed by atoms with Gasteiger partial charge in [0.05, 0.1) is 12.3 Å². The average molecular weight is 220 g/mol. The summed E-state index contributed by atoms with van der Waals surface area (Å²) >= 11 is 0. The topological polar surface area (TPSA) is 52.6 Å². The van der Waals surface area contributed by atoms with E-state index in [2.05, 4.69) is 5.43 Å². The van der Waals surface area contributed by atoms with Crippen molar-refractivity contribution in [3.8, 4) is 0 Å². The first kappa shape index (κ1) is 11.1. The van der Waals surface area contributed by atoms with Crippen LogP contribution >= 0.6 is 0 Å². The minimum Gasteiger partial charge on any atom is -0.392 e. The molecule has 1 saturated heterocycles. The number of hydrazine groups is 1. The summed E-state index contributed by atoms with van der Waals surface area (Å²) < 4.78 is 0. The molecule has 1 aliphatic rings. The zero-order valence-electron chi connectivity index (χ0n) is 9.53. The van der Waals surface area contributed by atoms with E-state index in [0.717, 1.165) is 11.3 Å². The van der Waals surface area contributed by atoms with Crippen LogP contribution in [-0.2, 0) is 11.4 Å². The van der Waals surface area contributed by atoms with E-state index < -0.39 is 0 Å². The highest BCUT2D eigenvalue weighted by atomic mass is 16.3. The number of hydrogen-bond acceptors (Lipinski definition) is 3. The number of carbonyl (C=O) groups is 1. The summed E-state index contributed by atoms with van der Waals surface area (Å²) in [5.74, 6) is 0.0556. The number of amides is 1. The fraction of sp³-hybridized carbons (Fsp3) is 0.417. The second kappa shape index (κ2) is 3.88. The van der Waals surface area contributed by atoms with Crippen LogP contribution in [0.1, 0.15) is 25.8 Å².